The zero-order chi connectivity index (χ0) is 12.7. The average Bonchev–Trinajstić information content (AvgIpc) is 2.28. The standard InChI is InChI=1S/C13H28N2O2/c1-4-15-5-6-17-13(10-15)9-14-8-12(16)7-11(2)3/h11-14,16H,4-10H2,1-3H3. The van der Waals surface area contributed by atoms with E-state index in [1.165, 1.54) is 0 Å². The molecule has 2 atom stereocenters. The Labute approximate surface area is 105 Å². The molecule has 0 aliphatic carbocycles. The second-order valence-electron chi connectivity index (χ2n) is 5.33. The first-order valence-electron chi connectivity index (χ1n) is 6.84. The van der Waals surface area contributed by atoms with Crippen molar-refractivity contribution in [3.05, 3.63) is 0 Å². The minimum atomic E-state index is -0.235. The zero-order valence-corrected chi connectivity index (χ0v) is 11.5. The lowest BCUT2D eigenvalue weighted by molar-refractivity contribution is -0.0263. The van der Waals surface area contributed by atoms with Crippen molar-refractivity contribution in [2.75, 3.05) is 39.3 Å². The Kier molecular flexibility index (Phi) is 7.04. The Morgan fingerprint density at radius 3 is 2.88 bits per heavy atom. The molecule has 102 valence electrons. The van der Waals surface area contributed by atoms with E-state index in [4.69, 9.17) is 4.74 Å². The van der Waals surface area contributed by atoms with Crippen LogP contribution in [0.5, 0.6) is 0 Å². The van der Waals surface area contributed by atoms with E-state index in [-0.39, 0.29) is 12.2 Å². The van der Waals surface area contributed by atoms with Crippen molar-refractivity contribution in [2.24, 2.45) is 5.92 Å². The minimum absolute atomic E-state index is 0.235. The third-order valence-electron chi connectivity index (χ3n) is 3.17. The molecule has 0 radical (unpaired) electrons. The van der Waals surface area contributed by atoms with Gasteiger partial charge in [-0.15, -0.1) is 0 Å². The first-order chi connectivity index (χ1) is 8.11. The van der Waals surface area contributed by atoms with Crippen LogP contribution in [0.2, 0.25) is 0 Å². The van der Waals surface area contributed by atoms with Crippen LogP contribution in [0, 0.1) is 5.92 Å². The van der Waals surface area contributed by atoms with Crippen LogP contribution < -0.4 is 5.32 Å². The van der Waals surface area contributed by atoms with Gasteiger partial charge in [0.15, 0.2) is 0 Å². The van der Waals surface area contributed by atoms with E-state index in [0.29, 0.717) is 12.5 Å². The normalized spacial score (nSPS) is 24.2. The molecule has 0 spiro atoms. The Bertz CT molecular complexity index is 200. The number of aliphatic hydroxyl groups is 1. The first-order valence-corrected chi connectivity index (χ1v) is 6.84. The number of likely N-dealkylation sites (N-methyl/N-ethyl adjacent to an activating group) is 1. The zero-order valence-electron chi connectivity index (χ0n) is 11.5. The molecule has 1 heterocycles. The van der Waals surface area contributed by atoms with Gasteiger partial charge in [0.1, 0.15) is 0 Å². The predicted octanol–water partition coefficient (Wildman–Crippen LogP) is 0.704. The summed E-state index contributed by atoms with van der Waals surface area (Å²) >= 11 is 0. The van der Waals surface area contributed by atoms with Gasteiger partial charge in [-0.3, -0.25) is 4.90 Å². The summed E-state index contributed by atoms with van der Waals surface area (Å²) in [5.74, 6) is 0.549. The Balaban J connectivity index is 2.09. The number of nitrogens with zero attached hydrogens (tertiary/aromatic N) is 1. The van der Waals surface area contributed by atoms with Crippen molar-refractivity contribution in [3.8, 4) is 0 Å². The smallest absolute Gasteiger partial charge is 0.0826 e. The molecule has 0 bridgehead atoms. The van der Waals surface area contributed by atoms with Crippen LogP contribution in [0.4, 0.5) is 0 Å². The van der Waals surface area contributed by atoms with E-state index in [2.05, 4.69) is 31.0 Å². The summed E-state index contributed by atoms with van der Waals surface area (Å²) in [7, 11) is 0. The van der Waals surface area contributed by atoms with Crippen LogP contribution in [0.15, 0.2) is 0 Å². The van der Waals surface area contributed by atoms with Crippen LogP contribution in [-0.2, 0) is 4.74 Å². The SMILES string of the molecule is CCN1CCOC(CNCC(O)CC(C)C)C1. The molecule has 1 rings (SSSR count). The second kappa shape index (κ2) is 8.03. The number of ether oxygens (including phenoxy) is 1. The summed E-state index contributed by atoms with van der Waals surface area (Å²) in [6, 6.07) is 0. The number of nitrogens with one attached hydrogen (secondary N) is 1. The summed E-state index contributed by atoms with van der Waals surface area (Å²) in [6.45, 7) is 11.9. The van der Waals surface area contributed by atoms with Gasteiger partial charge >= 0.3 is 0 Å². The molecule has 1 aliphatic rings. The van der Waals surface area contributed by atoms with Crippen molar-refractivity contribution >= 4 is 0 Å². The average molecular weight is 244 g/mol. The van der Waals surface area contributed by atoms with Crippen LogP contribution in [0.1, 0.15) is 27.2 Å². The molecule has 2 N–H and O–H groups in total. The fraction of sp³-hybridized carbons (Fsp3) is 1.00. The topological polar surface area (TPSA) is 44.7 Å². The molecule has 0 aromatic carbocycles. The van der Waals surface area contributed by atoms with Gasteiger partial charge < -0.3 is 15.2 Å². The predicted molar refractivity (Wildman–Crippen MR) is 70.2 cm³/mol. The maximum Gasteiger partial charge on any atom is 0.0826 e. The number of hydrogen-bond acceptors (Lipinski definition) is 4. The van der Waals surface area contributed by atoms with Crippen molar-refractivity contribution < 1.29 is 9.84 Å². The van der Waals surface area contributed by atoms with Crippen molar-refractivity contribution in [1.29, 1.82) is 0 Å². The summed E-state index contributed by atoms with van der Waals surface area (Å²) in [5.41, 5.74) is 0. The highest BCUT2D eigenvalue weighted by atomic mass is 16.5. The summed E-state index contributed by atoms with van der Waals surface area (Å²) in [4.78, 5) is 2.40. The monoisotopic (exact) mass is 244 g/mol. The maximum atomic E-state index is 9.73. The summed E-state index contributed by atoms with van der Waals surface area (Å²) in [6.07, 6.45) is 0.899. The van der Waals surface area contributed by atoms with E-state index in [0.717, 1.165) is 39.2 Å². The van der Waals surface area contributed by atoms with E-state index in [1.54, 1.807) is 0 Å². The van der Waals surface area contributed by atoms with E-state index in [9.17, 15) is 5.11 Å². The summed E-state index contributed by atoms with van der Waals surface area (Å²) < 4.78 is 5.69. The van der Waals surface area contributed by atoms with E-state index in [1.807, 2.05) is 0 Å². The molecule has 4 heteroatoms. The Hall–Kier alpha value is -0.160. The quantitative estimate of drug-likeness (QED) is 0.692. The molecular formula is C13H28N2O2. The van der Waals surface area contributed by atoms with Crippen LogP contribution in [-0.4, -0.2) is 61.5 Å². The van der Waals surface area contributed by atoms with Gasteiger partial charge in [0.2, 0.25) is 0 Å². The molecule has 4 nitrogen and oxygen atoms in total. The van der Waals surface area contributed by atoms with Crippen molar-refractivity contribution in [3.63, 3.8) is 0 Å². The maximum absolute atomic E-state index is 9.73. The van der Waals surface area contributed by atoms with Crippen LogP contribution in [0.3, 0.4) is 0 Å². The Morgan fingerprint density at radius 1 is 1.47 bits per heavy atom. The first kappa shape index (κ1) is 14.9. The molecule has 1 saturated heterocycles. The molecule has 0 saturated carbocycles. The van der Waals surface area contributed by atoms with E-state index >= 15 is 0 Å². The molecular weight excluding hydrogens is 216 g/mol. The highest BCUT2D eigenvalue weighted by molar-refractivity contribution is 4.73. The fourth-order valence-corrected chi connectivity index (χ4v) is 2.23. The molecule has 0 amide bonds. The number of hydrogen-bond donors (Lipinski definition) is 2. The van der Waals surface area contributed by atoms with Crippen LogP contribution >= 0.6 is 0 Å². The molecule has 2 unspecified atom stereocenters. The second-order valence-corrected chi connectivity index (χ2v) is 5.33. The molecule has 1 fully saturated rings. The summed E-state index contributed by atoms with van der Waals surface area (Å²) in [5, 5.41) is 13.0. The van der Waals surface area contributed by atoms with Gasteiger partial charge in [0, 0.05) is 26.2 Å². The van der Waals surface area contributed by atoms with Gasteiger partial charge in [-0.2, -0.15) is 0 Å². The lowest BCUT2D eigenvalue weighted by Crippen LogP contribution is -2.47. The van der Waals surface area contributed by atoms with Gasteiger partial charge in [0.25, 0.3) is 0 Å². The van der Waals surface area contributed by atoms with Gasteiger partial charge in [-0.05, 0) is 18.9 Å². The molecule has 17 heavy (non-hydrogen) atoms. The fourth-order valence-electron chi connectivity index (χ4n) is 2.23. The van der Waals surface area contributed by atoms with Gasteiger partial charge in [-0.1, -0.05) is 20.8 Å². The Morgan fingerprint density at radius 2 is 2.24 bits per heavy atom. The number of aliphatic hydroxyl groups excluding tert-OH is 1. The van der Waals surface area contributed by atoms with Crippen LogP contribution in [0.25, 0.3) is 0 Å². The molecule has 0 aromatic heterocycles. The molecule has 1 aliphatic heterocycles. The largest absolute Gasteiger partial charge is 0.392 e. The van der Waals surface area contributed by atoms with E-state index < -0.39 is 0 Å². The third-order valence-corrected chi connectivity index (χ3v) is 3.17. The lowest BCUT2D eigenvalue weighted by atomic mass is 10.1. The van der Waals surface area contributed by atoms with Crippen molar-refractivity contribution in [1.82, 2.24) is 10.2 Å². The third kappa shape index (κ3) is 6.36. The molecule has 0 aromatic rings. The van der Waals surface area contributed by atoms with Gasteiger partial charge in [0.05, 0.1) is 18.8 Å². The van der Waals surface area contributed by atoms with Crippen molar-refractivity contribution in [2.45, 2.75) is 39.4 Å². The number of morpholine rings is 1. The minimum Gasteiger partial charge on any atom is -0.392 e. The highest BCUT2D eigenvalue weighted by Crippen LogP contribution is 2.05. The lowest BCUT2D eigenvalue weighted by Gasteiger charge is -2.32. The van der Waals surface area contributed by atoms with Gasteiger partial charge in [-0.25, -0.2) is 0 Å². The highest BCUT2D eigenvalue weighted by Gasteiger charge is 2.19. The number of rotatable bonds is 7.